The number of ether oxygens (including phenoxy) is 2. The van der Waals surface area contributed by atoms with Crippen LogP contribution in [0.1, 0.15) is 16.1 Å². The van der Waals surface area contributed by atoms with E-state index in [9.17, 15) is 14.7 Å². The van der Waals surface area contributed by atoms with Gasteiger partial charge in [-0.2, -0.15) is 0 Å². The Balaban J connectivity index is 2.14. The van der Waals surface area contributed by atoms with Crippen LogP contribution >= 0.6 is 0 Å². The minimum Gasteiger partial charge on any atom is -0.504 e. The van der Waals surface area contributed by atoms with Crippen LogP contribution in [-0.2, 0) is 16.0 Å². The second kappa shape index (κ2) is 6.66. The fourth-order valence-electron chi connectivity index (χ4n) is 1.85. The number of hydrogen-bond acceptors (Lipinski definition) is 6. The smallest absolute Gasteiger partial charge is 0.313 e. The minimum absolute atomic E-state index is 0.0951. The largest absolute Gasteiger partial charge is 0.504 e. The predicted molar refractivity (Wildman–Crippen MR) is 77.0 cm³/mol. The molecule has 2 rings (SSSR count). The van der Waals surface area contributed by atoms with Crippen LogP contribution in [0.15, 0.2) is 34.9 Å². The van der Waals surface area contributed by atoms with Gasteiger partial charge in [0.15, 0.2) is 11.5 Å². The molecule has 0 saturated carbocycles. The van der Waals surface area contributed by atoms with E-state index in [2.05, 4.69) is 10.1 Å². The summed E-state index contributed by atoms with van der Waals surface area (Å²) in [7, 11) is 2.68. The first-order chi connectivity index (χ1) is 10.5. The van der Waals surface area contributed by atoms with Crippen molar-refractivity contribution in [2.75, 3.05) is 19.5 Å². The second-order valence-electron chi connectivity index (χ2n) is 4.35. The molecular weight excluding hydrogens is 290 g/mol. The van der Waals surface area contributed by atoms with Crippen molar-refractivity contribution in [1.82, 2.24) is 0 Å². The zero-order valence-electron chi connectivity index (χ0n) is 12.1. The van der Waals surface area contributed by atoms with Gasteiger partial charge in [-0.3, -0.25) is 9.59 Å². The highest BCUT2D eigenvalue weighted by Crippen LogP contribution is 2.28. The van der Waals surface area contributed by atoms with Gasteiger partial charge in [0.2, 0.25) is 0 Å². The van der Waals surface area contributed by atoms with E-state index in [-0.39, 0.29) is 23.5 Å². The molecule has 0 bridgehead atoms. The first kappa shape index (κ1) is 15.4. The average Bonchev–Trinajstić information content (AvgIpc) is 2.95. The lowest BCUT2D eigenvalue weighted by Gasteiger charge is -2.08. The Morgan fingerprint density at radius 3 is 2.68 bits per heavy atom. The SMILES string of the molecule is COC(=O)Cc1occc1C(=O)Nc1ccc(OC)c(O)c1. The minimum atomic E-state index is -0.508. The third-order valence-electron chi connectivity index (χ3n) is 2.96. The molecule has 22 heavy (non-hydrogen) atoms. The Kier molecular flexibility index (Phi) is 4.67. The summed E-state index contributed by atoms with van der Waals surface area (Å²) >= 11 is 0. The lowest BCUT2D eigenvalue weighted by Crippen LogP contribution is -2.14. The van der Waals surface area contributed by atoms with Crippen molar-refractivity contribution in [3.05, 3.63) is 41.9 Å². The number of phenolic OH excluding ortho intramolecular Hbond substituents is 1. The monoisotopic (exact) mass is 305 g/mol. The molecule has 7 nitrogen and oxygen atoms in total. The Hall–Kier alpha value is -2.96. The van der Waals surface area contributed by atoms with Gasteiger partial charge in [0.1, 0.15) is 12.2 Å². The summed E-state index contributed by atoms with van der Waals surface area (Å²) in [4.78, 5) is 23.5. The highest BCUT2D eigenvalue weighted by Gasteiger charge is 2.18. The fraction of sp³-hybridized carbons (Fsp3) is 0.200. The van der Waals surface area contributed by atoms with Crippen LogP contribution < -0.4 is 10.1 Å². The molecule has 0 radical (unpaired) electrons. The van der Waals surface area contributed by atoms with E-state index < -0.39 is 11.9 Å². The number of amides is 1. The van der Waals surface area contributed by atoms with Crippen molar-refractivity contribution in [2.45, 2.75) is 6.42 Å². The number of esters is 1. The second-order valence-corrected chi connectivity index (χ2v) is 4.35. The number of furan rings is 1. The van der Waals surface area contributed by atoms with Crippen LogP contribution in [0.3, 0.4) is 0 Å². The number of benzene rings is 1. The van der Waals surface area contributed by atoms with Gasteiger partial charge in [0.25, 0.3) is 5.91 Å². The highest BCUT2D eigenvalue weighted by atomic mass is 16.5. The molecule has 0 aliphatic heterocycles. The molecule has 1 amide bonds. The fourth-order valence-corrected chi connectivity index (χ4v) is 1.85. The zero-order valence-corrected chi connectivity index (χ0v) is 12.1. The van der Waals surface area contributed by atoms with E-state index in [0.717, 1.165) is 0 Å². The summed E-state index contributed by atoms with van der Waals surface area (Å²) in [5.41, 5.74) is 0.606. The molecule has 0 saturated heterocycles. The van der Waals surface area contributed by atoms with Gasteiger partial charge in [0, 0.05) is 11.8 Å². The van der Waals surface area contributed by atoms with E-state index in [0.29, 0.717) is 11.4 Å². The van der Waals surface area contributed by atoms with Gasteiger partial charge in [0.05, 0.1) is 26.0 Å². The van der Waals surface area contributed by atoms with Gasteiger partial charge in [-0.1, -0.05) is 0 Å². The number of methoxy groups -OCH3 is 2. The van der Waals surface area contributed by atoms with E-state index in [1.807, 2.05) is 0 Å². The molecular formula is C15H15NO6. The van der Waals surface area contributed by atoms with E-state index in [4.69, 9.17) is 9.15 Å². The number of phenols is 1. The number of aromatic hydroxyl groups is 1. The average molecular weight is 305 g/mol. The molecule has 0 fully saturated rings. The van der Waals surface area contributed by atoms with E-state index in [1.165, 1.54) is 38.7 Å². The molecule has 0 unspecified atom stereocenters. The maximum Gasteiger partial charge on any atom is 0.313 e. The maximum atomic E-state index is 12.2. The number of rotatable bonds is 5. The first-order valence-electron chi connectivity index (χ1n) is 6.36. The summed E-state index contributed by atoms with van der Waals surface area (Å²) in [5, 5.41) is 12.3. The van der Waals surface area contributed by atoms with Gasteiger partial charge in [-0.15, -0.1) is 0 Å². The van der Waals surface area contributed by atoms with Gasteiger partial charge < -0.3 is 24.3 Å². The topological polar surface area (TPSA) is 98.0 Å². The summed E-state index contributed by atoms with van der Waals surface area (Å²) in [6.45, 7) is 0. The quantitative estimate of drug-likeness (QED) is 0.819. The maximum absolute atomic E-state index is 12.2. The van der Waals surface area contributed by atoms with Gasteiger partial charge in [-0.25, -0.2) is 0 Å². The number of anilines is 1. The first-order valence-corrected chi connectivity index (χ1v) is 6.36. The Bertz CT molecular complexity index is 691. The summed E-state index contributed by atoms with van der Waals surface area (Å²) < 4.78 is 14.6. The molecule has 0 atom stereocenters. The van der Waals surface area contributed by atoms with Gasteiger partial charge >= 0.3 is 5.97 Å². The van der Waals surface area contributed by atoms with Crippen LogP contribution in [0.25, 0.3) is 0 Å². The molecule has 116 valence electrons. The number of carbonyl (C=O) groups excluding carboxylic acids is 2. The third-order valence-corrected chi connectivity index (χ3v) is 2.96. The van der Waals surface area contributed by atoms with E-state index >= 15 is 0 Å². The van der Waals surface area contributed by atoms with Crippen molar-refractivity contribution in [3.8, 4) is 11.5 Å². The normalized spacial score (nSPS) is 10.1. The zero-order chi connectivity index (χ0) is 16.1. The number of hydrogen-bond donors (Lipinski definition) is 2. The van der Waals surface area contributed by atoms with E-state index in [1.54, 1.807) is 6.07 Å². The van der Waals surface area contributed by atoms with Crippen LogP contribution in [-0.4, -0.2) is 31.2 Å². The number of nitrogens with one attached hydrogen (secondary N) is 1. The highest BCUT2D eigenvalue weighted by molar-refractivity contribution is 6.05. The molecule has 0 aliphatic carbocycles. The Labute approximate surface area is 126 Å². The standard InChI is InChI=1S/C15H15NO6/c1-20-12-4-3-9(7-11(12)17)16-15(19)10-5-6-22-13(10)8-14(18)21-2/h3-7,17H,8H2,1-2H3,(H,16,19). The lowest BCUT2D eigenvalue weighted by atomic mass is 10.2. The van der Waals surface area contributed by atoms with Crippen molar-refractivity contribution >= 4 is 17.6 Å². The number of carbonyl (C=O) groups is 2. The van der Waals surface area contributed by atoms with Gasteiger partial charge in [-0.05, 0) is 18.2 Å². The summed E-state index contributed by atoms with van der Waals surface area (Å²) in [6, 6.07) is 5.92. The predicted octanol–water partition coefficient (Wildman–Crippen LogP) is 1.96. The molecule has 1 aromatic heterocycles. The van der Waals surface area contributed by atoms with Crippen LogP contribution in [0.5, 0.6) is 11.5 Å². The van der Waals surface area contributed by atoms with Crippen molar-refractivity contribution < 1.29 is 28.6 Å². The van der Waals surface area contributed by atoms with Crippen molar-refractivity contribution in [2.24, 2.45) is 0 Å². The molecule has 2 aromatic rings. The lowest BCUT2D eigenvalue weighted by molar-refractivity contribution is -0.140. The molecule has 2 N–H and O–H groups in total. The molecule has 1 aromatic carbocycles. The Morgan fingerprint density at radius 2 is 2.05 bits per heavy atom. The van der Waals surface area contributed by atoms with Crippen molar-refractivity contribution in [3.63, 3.8) is 0 Å². The van der Waals surface area contributed by atoms with Crippen LogP contribution in [0, 0.1) is 0 Å². The summed E-state index contributed by atoms with van der Waals surface area (Å²) in [5.74, 6) is -0.555. The third kappa shape index (κ3) is 3.38. The van der Waals surface area contributed by atoms with Crippen LogP contribution in [0.2, 0.25) is 0 Å². The molecule has 7 heteroatoms. The molecule has 0 spiro atoms. The Morgan fingerprint density at radius 1 is 1.27 bits per heavy atom. The summed E-state index contributed by atoms with van der Waals surface area (Å²) in [6.07, 6.45) is 1.18. The molecule has 1 heterocycles. The van der Waals surface area contributed by atoms with Crippen LogP contribution in [0.4, 0.5) is 5.69 Å². The molecule has 0 aliphatic rings. The van der Waals surface area contributed by atoms with Crippen molar-refractivity contribution in [1.29, 1.82) is 0 Å².